The second kappa shape index (κ2) is 10.2. The molecule has 1 saturated heterocycles. The van der Waals surface area contributed by atoms with Crippen LogP contribution < -0.4 is 4.90 Å². The summed E-state index contributed by atoms with van der Waals surface area (Å²) < 4.78 is 34.4. The lowest BCUT2D eigenvalue weighted by Gasteiger charge is -2.29. The van der Waals surface area contributed by atoms with E-state index in [9.17, 15) is 13.2 Å². The van der Waals surface area contributed by atoms with Crippen LogP contribution in [0, 0.1) is 0 Å². The van der Waals surface area contributed by atoms with Crippen LogP contribution in [0.15, 0.2) is 84.2 Å². The molecule has 0 radical (unpaired) electrons. The molecule has 0 aliphatic carbocycles. The summed E-state index contributed by atoms with van der Waals surface area (Å²) in [6, 6.07) is 16.1. The highest BCUT2D eigenvalue weighted by Crippen LogP contribution is 2.32. The fourth-order valence-corrected chi connectivity index (χ4v) is 5.96. The topological polar surface area (TPSA) is 81.5 Å². The molecule has 1 fully saturated rings. The molecule has 2 aromatic heterocycles. The number of nitrogens with zero attached hydrogens (tertiary/aromatic N) is 3. The number of hydrogen-bond donors (Lipinski definition) is 0. The van der Waals surface area contributed by atoms with Gasteiger partial charge in [-0.3, -0.25) is 9.78 Å². The molecule has 0 saturated carbocycles. The maximum atomic E-state index is 13.8. The van der Waals surface area contributed by atoms with Gasteiger partial charge in [-0.2, -0.15) is 0 Å². The first kappa shape index (κ1) is 25.9. The van der Waals surface area contributed by atoms with Crippen LogP contribution in [0.4, 0.5) is 5.69 Å². The van der Waals surface area contributed by atoms with Crippen molar-refractivity contribution >= 4 is 38.5 Å². The number of rotatable bonds is 6. The van der Waals surface area contributed by atoms with Gasteiger partial charge in [0.25, 0.3) is 10.0 Å². The standard InChI is InChI=1S/C30H31N3O4S/c1-30(2,3)24-5-8-26(9-6-24)38(35,36)33-21-23(4-11-29(34)22-12-14-31-15-13-22)27-20-25(7-10-28(27)33)32-16-18-37-19-17-32/h4-15,20-21H,16-19H2,1-3H3/b11-4+. The maximum absolute atomic E-state index is 13.8. The van der Waals surface area contributed by atoms with E-state index in [0.29, 0.717) is 29.9 Å². The average molecular weight is 530 g/mol. The maximum Gasteiger partial charge on any atom is 0.268 e. The summed E-state index contributed by atoms with van der Waals surface area (Å²) >= 11 is 0. The van der Waals surface area contributed by atoms with Crippen LogP contribution in [-0.4, -0.2) is 49.5 Å². The third-order valence-corrected chi connectivity index (χ3v) is 8.51. The highest BCUT2D eigenvalue weighted by molar-refractivity contribution is 7.90. The largest absolute Gasteiger partial charge is 0.378 e. The molecule has 2 aromatic carbocycles. The zero-order valence-electron chi connectivity index (χ0n) is 21.8. The number of morpholine rings is 1. The highest BCUT2D eigenvalue weighted by atomic mass is 32.2. The van der Waals surface area contributed by atoms with Crippen molar-refractivity contribution in [2.45, 2.75) is 31.1 Å². The van der Waals surface area contributed by atoms with Crippen molar-refractivity contribution < 1.29 is 17.9 Å². The van der Waals surface area contributed by atoms with Crippen molar-refractivity contribution in [1.82, 2.24) is 8.96 Å². The first-order valence-electron chi connectivity index (χ1n) is 12.6. The molecule has 0 amide bonds. The van der Waals surface area contributed by atoms with Gasteiger partial charge in [-0.05, 0) is 65.6 Å². The number of carbonyl (C=O) groups is 1. The Hall–Kier alpha value is -3.75. The van der Waals surface area contributed by atoms with E-state index in [-0.39, 0.29) is 16.1 Å². The Kier molecular flexibility index (Phi) is 6.94. The molecule has 196 valence electrons. The van der Waals surface area contributed by atoms with E-state index in [2.05, 4.69) is 30.7 Å². The van der Waals surface area contributed by atoms with Gasteiger partial charge in [0.1, 0.15) is 0 Å². The molecule has 4 aromatic rings. The molecule has 0 N–H and O–H groups in total. The molecule has 8 heteroatoms. The number of hydrogen-bond acceptors (Lipinski definition) is 6. The van der Waals surface area contributed by atoms with Crippen LogP contribution in [0.25, 0.3) is 17.0 Å². The van der Waals surface area contributed by atoms with Crippen LogP contribution in [0.2, 0.25) is 0 Å². The first-order valence-corrected chi connectivity index (χ1v) is 14.0. The van der Waals surface area contributed by atoms with E-state index in [4.69, 9.17) is 4.74 Å². The van der Waals surface area contributed by atoms with Crippen molar-refractivity contribution in [2.24, 2.45) is 0 Å². The summed E-state index contributed by atoms with van der Waals surface area (Å²) in [4.78, 5) is 19.1. The molecule has 5 rings (SSSR count). The molecule has 3 heterocycles. The molecular formula is C30H31N3O4S. The van der Waals surface area contributed by atoms with Crippen molar-refractivity contribution in [2.75, 3.05) is 31.2 Å². The van der Waals surface area contributed by atoms with Gasteiger partial charge in [-0.1, -0.05) is 32.9 Å². The predicted octanol–water partition coefficient (Wildman–Crippen LogP) is 5.30. The van der Waals surface area contributed by atoms with Crippen LogP contribution in [0.5, 0.6) is 0 Å². The molecular weight excluding hydrogens is 498 g/mol. The number of aromatic nitrogens is 2. The minimum absolute atomic E-state index is 0.0857. The zero-order chi connectivity index (χ0) is 26.9. The fourth-order valence-electron chi connectivity index (χ4n) is 4.58. The number of ketones is 1. The van der Waals surface area contributed by atoms with Gasteiger partial charge >= 0.3 is 0 Å². The third-order valence-electron chi connectivity index (χ3n) is 6.82. The van der Waals surface area contributed by atoms with Crippen molar-refractivity contribution in [3.63, 3.8) is 0 Å². The van der Waals surface area contributed by atoms with Crippen molar-refractivity contribution in [3.8, 4) is 0 Å². The number of anilines is 1. The Morgan fingerprint density at radius 2 is 1.66 bits per heavy atom. The van der Waals surface area contributed by atoms with Gasteiger partial charge in [0.2, 0.25) is 0 Å². The lowest BCUT2D eigenvalue weighted by Crippen LogP contribution is -2.36. The van der Waals surface area contributed by atoms with E-state index in [1.165, 1.54) is 10.0 Å². The molecule has 1 aliphatic rings. The summed E-state index contributed by atoms with van der Waals surface area (Å²) in [5.74, 6) is -0.182. The Balaban J connectivity index is 1.60. The second-order valence-corrected chi connectivity index (χ2v) is 12.2. The van der Waals surface area contributed by atoms with Gasteiger partial charge in [0.15, 0.2) is 5.78 Å². The second-order valence-electron chi connectivity index (χ2n) is 10.4. The van der Waals surface area contributed by atoms with Gasteiger partial charge < -0.3 is 9.64 Å². The van der Waals surface area contributed by atoms with Gasteiger partial charge in [0.05, 0.1) is 23.6 Å². The lowest BCUT2D eigenvalue weighted by atomic mass is 9.87. The normalized spacial score (nSPS) is 14.9. The van der Waals surface area contributed by atoms with Crippen LogP contribution in [-0.2, 0) is 20.2 Å². The number of fused-ring (bicyclic) bond motifs is 1. The van der Waals surface area contributed by atoms with Gasteiger partial charge in [-0.25, -0.2) is 12.4 Å². The van der Waals surface area contributed by atoms with Crippen molar-refractivity contribution in [3.05, 3.63) is 96.0 Å². The highest BCUT2D eigenvalue weighted by Gasteiger charge is 2.23. The van der Waals surface area contributed by atoms with E-state index >= 15 is 0 Å². The zero-order valence-corrected chi connectivity index (χ0v) is 22.6. The Labute approximate surface area is 223 Å². The van der Waals surface area contributed by atoms with Crippen molar-refractivity contribution in [1.29, 1.82) is 0 Å². The molecule has 38 heavy (non-hydrogen) atoms. The first-order chi connectivity index (χ1) is 18.1. The Morgan fingerprint density at radius 1 is 0.974 bits per heavy atom. The molecule has 1 aliphatic heterocycles. The third kappa shape index (κ3) is 5.14. The SMILES string of the molecule is CC(C)(C)c1ccc(S(=O)(=O)n2cc(/C=C/C(=O)c3ccncc3)c3cc(N4CCOCC4)ccc32)cc1. The minimum atomic E-state index is -3.88. The summed E-state index contributed by atoms with van der Waals surface area (Å²) in [7, 11) is -3.88. The average Bonchev–Trinajstić information content (AvgIpc) is 3.31. The molecule has 0 spiro atoms. The summed E-state index contributed by atoms with van der Waals surface area (Å²) in [5, 5.41) is 0.752. The Morgan fingerprint density at radius 3 is 2.32 bits per heavy atom. The smallest absolute Gasteiger partial charge is 0.268 e. The van der Waals surface area contributed by atoms with Crippen LogP contribution in [0.3, 0.4) is 0 Å². The monoisotopic (exact) mass is 529 g/mol. The summed E-state index contributed by atoms with van der Waals surface area (Å²) in [6.07, 6.45) is 7.89. The molecule has 0 bridgehead atoms. The number of pyridine rings is 1. The number of ether oxygens (including phenoxy) is 1. The predicted molar refractivity (Wildman–Crippen MR) is 150 cm³/mol. The van der Waals surface area contributed by atoms with Crippen LogP contribution in [0.1, 0.15) is 42.3 Å². The van der Waals surface area contributed by atoms with E-state index in [0.717, 1.165) is 29.7 Å². The summed E-state index contributed by atoms with van der Waals surface area (Å²) in [5.41, 5.74) is 3.67. The Bertz CT molecular complexity index is 1590. The molecule has 0 unspecified atom stereocenters. The fraction of sp³-hybridized carbons (Fsp3) is 0.267. The molecule has 0 atom stereocenters. The number of carbonyl (C=O) groups excluding carboxylic acids is 1. The lowest BCUT2D eigenvalue weighted by molar-refractivity contribution is 0.104. The summed E-state index contributed by atoms with van der Waals surface area (Å²) in [6.45, 7) is 9.08. The van der Waals surface area contributed by atoms with Gasteiger partial charge in [-0.15, -0.1) is 0 Å². The van der Waals surface area contributed by atoms with E-state index in [1.54, 1.807) is 48.9 Å². The van der Waals surface area contributed by atoms with Gasteiger partial charge in [0, 0.05) is 53.9 Å². The van der Waals surface area contributed by atoms with Crippen LogP contribution >= 0.6 is 0 Å². The molecule has 7 nitrogen and oxygen atoms in total. The van der Waals surface area contributed by atoms with E-state index in [1.807, 2.05) is 30.3 Å². The quantitative estimate of drug-likeness (QED) is 0.249. The number of allylic oxidation sites excluding steroid dienone is 1. The number of benzene rings is 2. The van der Waals surface area contributed by atoms with E-state index < -0.39 is 10.0 Å². The minimum Gasteiger partial charge on any atom is -0.378 e.